The first kappa shape index (κ1) is 62.7. The second-order valence-corrected chi connectivity index (χ2v) is 27.2. The number of carbonyl (C=O) groups is 2. The zero-order valence-corrected chi connectivity index (χ0v) is 55.5. The molecule has 98 heavy (non-hydrogen) atoms. The normalized spacial score (nSPS) is 18.0. The maximum Gasteiger partial charge on any atom is 0.248 e. The quantitative estimate of drug-likeness (QED) is 0.0702. The van der Waals surface area contributed by atoms with E-state index >= 15 is 0 Å². The number of rotatable bonds is 11. The lowest BCUT2D eigenvalue weighted by Gasteiger charge is -2.28. The maximum absolute atomic E-state index is 11.9. The minimum atomic E-state index is -0.464. The molecule has 2 aromatic carbocycles. The fraction of sp³-hybridized carbons (Fsp3) is 0.387. The van der Waals surface area contributed by atoms with Gasteiger partial charge in [0.2, 0.25) is 29.7 Å². The van der Waals surface area contributed by atoms with Crippen molar-refractivity contribution in [1.29, 1.82) is 0 Å². The predicted octanol–water partition coefficient (Wildman–Crippen LogP) is 12.3. The lowest BCUT2D eigenvalue weighted by Crippen LogP contribution is -2.37. The van der Waals surface area contributed by atoms with E-state index in [0.29, 0.717) is 86.6 Å². The van der Waals surface area contributed by atoms with Gasteiger partial charge in [0, 0.05) is 150 Å². The highest BCUT2D eigenvalue weighted by molar-refractivity contribution is 6.08. The van der Waals surface area contributed by atoms with Crippen LogP contribution in [0.5, 0.6) is 0 Å². The van der Waals surface area contributed by atoms with Gasteiger partial charge in [0.25, 0.3) is 0 Å². The monoisotopic (exact) mass is 1310 g/mol. The molecule has 13 heterocycles. The summed E-state index contributed by atoms with van der Waals surface area (Å²) in [5, 5.41) is 38.4. The number of benzene rings is 2. The second-order valence-electron chi connectivity index (χ2n) is 27.2. The molecule has 0 saturated heterocycles. The van der Waals surface area contributed by atoms with Crippen molar-refractivity contribution in [3.8, 4) is 0 Å². The van der Waals surface area contributed by atoms with Crippen molar-refractivity contribution >= 4 is 113 Å². The average Bonchev–Trinajstić information content (AvgIpc) is 1.62. The molecule has 0 atom stereocenters. The Balaban J connectivity index is 0.000000116. The summed E-state index contributed by atoms with van der Waals surface area (Å²) in [6.45, 7) is 7.37. The van der Waals surface area contributed by atoms with Crippen LogP contribution in [0.3, 0.4) is 0 Å². The van der Waals surface area contributed by atoms with E-state index in [1.165, 1.54) is 91.6 Å². The van der Waals surface area contributed by atoms with Crippen LogP contribution in [0.1, 0.15) is 142 Å². The van der Waals surface area contributed by atoms with Crippen molar-refractivity contribution < 1.29 is 19.8 Å². The Bertz CT molecular complexity index is 5000. The number of aliphatic hydroxyl groups is 2. The lowest BCUT2D eigenvalue weighted by atomic mass is 9.87. The highest BCUT2D eigenvalue weighted by atomic mass is 16.3. The van der Waals surface area contributed by atoms with Crippen molar-refractivity contribution in [1.82, 2.24) is 78.7 Å². The van der Waals surface area contributed by atoms with Gasteiger partial charge in [-0.05, 0) is 117 Å². The Morgan fingerprint density at radius 3 is 1.38 bits per heavy atom. The second kappa shape index (κ2) is 27.1. The molecule has 6 N–H and O–H groups in total. The molecule has 10 aromatic heterocycles. The van der Waals surface area contributed by atoms with Crippen LogP contribution in [0.4, 0.5) is 35.3 Å². The Labute approximate surface area is 566 Å². The number of pyridine rings is 4. The Hall–Kier alpha value is -10.1. The van der Waals surface area contributed by atoms with Gasteiger partial charge in [-0.25, -0.2) is 29.9 Å². The first-order chi connectivity index (χ1) is 48.1. The van der Waals surface area contributed by atoms with Crippen LogP contribution < -0.4 is 21.3 Å². The molecule has 23 heteroatoms. The van der Waals surface area contributed by atoms with Crippen molar-refractivity contribution in [2.24, 2.45) is 5.92 Å². The molecular formula is C75H81N19O4. The van der Waals surface area contributed by atoms with Crippen LogP contribution in [0.25, 0.3) is 65.8 Å². The fourth-order valence-corrected chi connectivity index (χ4v) is 15.8. The van der Waals surface area contributed by atoms with Gasteiger partial charge in [-0.2, -0.15) is 15.0 Å². The number of carbonyl (C=O) groups excluding carboxylic acids is 2. The van der Waals surface area contributed by atoms with Crippen molar-refractivity contribution in [3.63, 3.8) is 0 Å². The number of hydrogen-bond donors (Lipinski definition) is 6. The van der Waals surface area contributed by atoms with E-state index in [0.717, 1.165) is 122 Å². The number of aryl methyl sites for hydroxylation is 1. The number of para-hydroxylation sites is 2. The largest absolute Gasteiger partial charge is 0.387 e. The number of amides is 2. The van der Waals surface area contributed by atoms with Crippen LogP contribution in [0.2, 0.25) is 0 Å². The summed E-state index contributed by atoms with van der Waals surface area (Å²) in [5.41, 5.74) is 13.9. The van der Waals surface area contributed by atoms with Crippen LogP contribution in [-0.2, 0) is 48.5 Å². The van der Waals surface area contributed by atoms with E-state index in [9.17, 15) is 9.59 Å². The van der Waals surface area contributed by atoms with Gasteiger partial charge in [-0.3, -0.25) is 14.6 Å². The number of hydrogen-bond acceptors (Lipinski definition) is 18. The molecule has 2 amide bonds. The van der Waals surface area contributed by atoms with Crippen LogP contribution in [0.15, 0.2) is 116 Å². The van der Waals surface area contributed by atoms with E-state index < -0.39 is 13.2 Å². The van der Waals surface area contributed by atoms with E-state index in [4.69, 9.17) is 40.1 Å². The topological polar surface area (TPSA) is 273 Å². The fourth-order valence-electron chi connectivity index (χ4n) is 15.8. The van der Waals surface area contributed by atoms with E-state index in [1.807, 2.05) is 62.0 Å². The van der Waals surface area contributed by atoms with Gasteiger partial charge in [0.15, 0.2) is 0 Å². The first-order valence-corrected chi connectivity index (χ1v) is 35.0. The summed E-state index contributed by atoms with van der Waals surface area (Å²) in [4.78, 5) is 74.6. The smallest absolute Gasteiger partial charge is 0.248 e. The summed E-state index contributed by atoms with van der Waals surface area (Å²) in [6.07, 6.45) is 24.7. The SMILES string of the molecule is Cc1cc2c3cnc(Nc4ccc5c(n4)CCN(C(=O)CO)C5)nc3n(C3CCC(C)CC3)c2cn1.O=C(CO)N1CCc2nc(Nc3ncc4c5ccccc5n(C5CCCC5)c4n3)ccc2C1.c1ccc2c(c1)c1cnc(Nc3ccc4c(n3)CCNC4)nc1n2C1CCCC1. The molecule has 0 unspecified atom stereocenters. The number of aromatic nitrogens is 13. The maximum atomic E-state index is 11.9. The zero-order valence-electron chi connectivity index (χ0n) is 55.5. The standard InChI is InChI=1S/C27H31N7O2.C25H26N6O2.C23H24N6/c1-16-3-6-19(7-4-16)34-23-13-28-17(2)11-20(23)21-12-29-27(32-26(21)34)31-24-8-5-18-14-33(25(36)15-35)10-9-22(18)30-24;32-15-23(33)30-12-11-20-16(14-30)9-10-22(27-20)28-25-26-13-19-18-7-3-4-8-21(18)31(24(19)29-25)17-5-1-2-6-17;1-2-6-16(5-1)29-20-8-4-3-7-17(20)18-14-25-23(28-22(18)29)27-21-10-9-15-13-24-12-11-19(15)26-21/h5,8,11-13,16,19,35H,3-4,6-7,9-10,14-15H2,1-2H3,(H,29,30,31,32);3-4,7-10,13,17,32H,1-2,5-6,11-12,14-15H2,(H,26,27,28,29);3-4,7-10,14,16,24H,1-2,5-6,11-13H2,(H,25,26,27,28). The van der Waals surface area contributed by atoms with E-state index in [-0.39, 0.29) is 11.8 Å². The predicted molar refractivity (Wildman–Crippen MR) is 380 cm³/mol. The third kappa shape index (κ3) is 12.4. The van der Waals surface area contributed by atoms with Crippen molar-refractivity contribution in [2.45, 2.75) is 148 Å². The molecule has 3 saturated carbocycles. The third-order valence-corrected chi connectivity index (χ3v) is 20.9. The Morgan fingerprint density at radius 2 is 0.898 bits per heavy atom. The molecule has 12 aromatic rings. The Morgan fingerprint density at radius 1 is 0.469 bits per heavy atom. The minimum Gasteiger partial charge on any atom is -0.387 e. The van der Waals surface area contributed by atoms with E-state index in [1.54, 1.807) is 9.80 Å². The van der Waals surface area contributed by atoms with Crippen LogP contribution in [0, 0.1) is 12.8 Å². The van der Waals surface area contributed by atoms with Gasteiger partial charge >= 0.3 is 0 Å². The minimum absolute atomic E-state index is 0.248. The average molecular weight is 1310 g/mol. The zero-order chi connectivity index (χ0) is 66.4. The molecule has 6 aliphatic rings. The summed E-state index contributed by atoms with van der Waals surface area (Å²) in [7, 11) is 0. The number of nitrogens with zero attached hydrogens (tertiary/aromatic N) is 15. The van der Waals surface area contributed by atoms with Crippen molar-refractivity contribution in [3.05, 3.63) is 155 Å². The van der Waals surface area contributed by atoms with Crippen LogP contribution >= 0.6 is 0 Å². The first-order valence-electron chi connectivity index (χ1n) is 35.0. The highest BCUT2D eigenvalue weighted by Crippen LogP contribution is 2.42. The number of anilines is 6. The van der Waals surface area contributed by atoms with Gasteiger partial charge in [0.1, 0.15) is 47.6 Å². The highest BCUT2D eigenvalue weighted by Gasteiger charge is 2.29. The van der Waals surface area contributed by atoms with Gasteiger partial charge in [-0.1, -0.05) is 87.2 Å². The summed E-state index contributed by atoms with van der Waals surface area (Å²) < 4.78 is 7.22. The summed E-state index contributed by atoms with van der Waals surface area (Å²) in [6, 6.07) is 32.5. The molecule has 18 rings (SSSR count). The van der Waals surface area contributed by atoms with Gasteiger partial charge in [0.05, 0.1) is 22.7 Å². The third-order valence-electron chi connectivity index (χ3n) is 20.9. The molecular weight excluding hydrogens is 1230 g/mol. The molecule has 3 aliphatic carbocycles. The molecule has 0 bridgehead atoms. The number of nitrogens with one attached hydrogen (secondary N) is 4. The lowest BCUT2D eigenvalue weighted by molar-refractivity contribution is -0.135. The van der Waals surface area contributed by atoms with Gasteiger partial charge in [-0.15, -0.1) is 0 Å². The van der Waals surface area contributed by atoms with Gasteiger partial charge < -0.3 is 55.0 Å². The molecule has 0 spiro atoms. The van der Waals surface area contributed by atoms with Crippen molar-refractivity contribution in [2.75, 3.05) is 48.8 Å². The molecule has 0 radical (unpaired) electrons. The summed E-state index contributed by atoms with van der Waals surface area (Å²) >= 11 is 0. The molecule has 3 fully saturated rings. The van der Waals surface area contributed by atoms with E-state index in [2.05, 4.69) is 122 Å². The number of fused-ring (bicyclic) bond motifs is 12. The molecule has 23 nitrogen and oxygen atoms in total. The number of aliphatic hydroxyl groups excluding tert-OH is 2. The molecule has 3 aliphatic heterocycles. The summed E-state index contributed by atoms with van der Waals surface area (Å²) in [5.74, 6) is 4.12. The molecule has 500 valence electrons. The Kier molecular flexibility index (Phi) is 17.3. The van der Waals surface area contributed by atoms with Crippen LogP contribution in [-0.4, -0.2) is 128 Å².